The van der Waals surface area contributed by atoms with Crippen molar-refractivity contribution in [3.8, 4) is 17.0 Å². The summed E-state index contributed by atoms with van der Waals surface area (Å²) in [4.78, 5) is 15.3. The van der Waals surface area contributed by atoms with E-state index in [-0.39, 0.29) is 17.8 Å². The fourth-order valence-corrected chi connectivity index (χ4v) is 1.80. The summed E-state index contributed by atoms with van der Waals surface area (Å²) in [6.07, 6.45) is 1.50. The van der Waals surface area contributed by atoms with Crippen molar-refractivity contribution in [1.29, 1.82) is 0 Å². The number of hydrogen-bond acceptors (Lipinski definition) is 5. The minimum atomic E-state index is -0.182. The SMILES string of the molecule is O=C1COc2ccc(-c3cnnc(Cl)n3)cc2N1. The van der Waals surface area contributed by atoms with Crippen LogP contribution in [0.15, 0.2) is 24.4 Å². The second-order valence-electron chi connectivity index (χ2n) is 3.66. The number of benzene rings is 1. The molecule has 3 rings (SSSR count). The Hall–Kier alpha value is -2.21. The number of nitrogens with one attached hydrogen (secondary N) is 1. The first-order valence-corrected chi connectivity index (χ1v) is 5.52. The van der Waals surface area contributed by atoms with E-state index in [0.29, 0.717) is 17.1 Å². The maximum Gasteiger partial charge on any atom is 0.262 e. The molecule has 0 bridgehead atoms. The van der Waals surface area contributed by atoms with Crippen molar-refractivity contribution in [3.05, 3.63) is 29.7 Å². The molecule has 0 aliphatic carbocycles. The lowest BCUT2D eigenvalue weighted by molar-refractivity contribution is -0.118. The summed E-state index contributed by atoms with van der Waals surface area (Å²) in [6.45, 7) is 0.0350. The van der Waals surface area contributed by atoms with E-state index in [0.717, 1.165) is 5.56 Å². The molecule has 1 amide bonds. The van der Waals surface area contributed by atoms with Crippen LogP contribution in [0.25, 0.3) is 11.3 Å². The molecule has 1 aromatic carbocycles. The van der Waals surface area contributed by atoms with Crippen LogP contribution in [0, 0.1) is 0 Å². The summed E-state index contributed by atoms with van der Waals surface area (Å²) >= 11 is 5.68. The number of carbonyl (C=O) groups excluding carboxylic acids is 1. The summed E-state index contributed by atoms with van der Waals surface area (Å²) in [7, 11) is 0. The number of nitrogens with zero attached hydrogens (tertiary/aromatic N) is 3. The second-order valence-corrected chi connectivity index (χ2v) is 4.00. The Morgan fingerprint density at radius 1 is 1.39 bits per heavy atom. The van der Waals surface area contributed by atoms with Crippen molar-refractivity contribution in [1.82, 2.24) is 15.2 Å². The number of rotatable bonds is 1. The van der Waals surface area contributed by atoms with Crippen molar-refractivity contribution >= 4 is 23.2 Å². The Labute approximate surface area is 107 Å². The van der Waals surface area contributed by atoms with Crippen LogP contribution < -0.4 is 10.1 Å². The summed E-state index contributed by atoms with van der Waals surface area (Å²) < 4.78 is 5.26. The van der Waals surface area contributed by atoms with Crippen LogP contribution in [0.1, 0.15) is 0 Å². The van der Waals surface area contributed by atoms with Crippen molar-refractivity contribution < 1.29 is 9.53 Å². The average Bonchev–Trinajstić information content (AvgIpc) is 2.38. The Kier molecular flexibility index (Phi) is 2.56. The lowest BCUT2D eigenvalue weighted by Gasteiger charge is -2.18. The topological polar surface area (TPSA) is 77.0 Å². The molecule has 0 spiro atoms. The molecule has 6 nitrogen and oxygen atoms in total. The number of halogens is 1. The van der Waals surface area contributed by atoms with Gasteiger partial charge in [-0.15, -0.1) is 5.10 Å². The van der Waals surface area contributed by atoms with Gasteiger partial charge in [-0.1, -0.05) is 0 Å². The van der Waals surface area contributed by atoms with Gasteiger partial charge < -0.3 is 10.1 Å². The molecule has 1 aromatic heterocycles. The van der Waals surface area contributed by atoms with Crippen LogP contribution in [-0.4, -0.2) is 27.7 Å². The van der Waals surface area contributed by atoms with Crippen LogP contribution in [0.5, 0.6) is 5.75 Å². The van der Waals surface area contributed by atoms with Crippen molar-refractivity contribution in [2.75, 3.05) is 11.9 Å². The predicted octanol–water partition coefficient (Wildman–Crippen LogP) is 1.52. The Balaban J connectivity index is 2.04. The van der Waals surface area contributed by atoms with Crippen molar-refractivity contribution in [3.63, 3.8) is 0 Å². The first kappa shape index (κ1) is 10.9. The van der Waals surface area contributed by atoms with Crippen LogP contribution in [0.2, 0.25) is 5.28 Å². The van der Waals surface area contributed by atoms with Gasteiger partial charge in [0.2, 0.25) is 5.28 Å². The molecule has 0 radical (unpaired) electrons. The molecule has 0 fully saturated rings. The Bertz CT molecular complexity index is 632. The van der Waals surface area contributed by atoms with E-state index in [2.05, 4.69) is 20.5 Å². The smallest absolute Gasteiger partial charge is 0.262 e. The van der Waals surface area contributed by atoms with Crippen LogP contribution >= 0.6 is 11.6 Å². The summed E-state index contributed by atoms with van der Waals surface area (Å²) in [5, 5.41) is 10.1. The molecule has 1 N–H and O–H groups in total. The molecule has 0 unspecified atom stereocenters. The Morgan fingerprint density at radius 3 is 3.11 bits per heavy atom. The van der Waals surface area contributed by atoms with E-state index in [1.165, 1.54) is 6.20 Å². The lowest BCUT2D eigenvalue weighted by Crippen LogP contribution is -2.25. The van der Waals surface area contributed by atoms with Gasteiger partial charge in [0, 0.05) is 5.56 Å². The maximum absolute atomic E-state index is 11.2. The fraction of sp³-hybridized carbons (Fsp3) is 0.0909. The monoisotopic (exact) mass is 262 g/mol. The molecule has 90 valence electrons. The number of carbonyl (C=O) groups is 1. The predicted molar refractivity (Wildman–Crippen MR) is 64.4 cm³/mol. The minimum absolute atomic E-state index is 0.0350. The van der Waals surface area contributed by atoms with Crippen LogP contribution in [-0.2, 0) is 4.79 Å². The highest BCUT2D eigenvalue weighted by atomic mass is 35.5. The highest BCUT2D eigenvalue weighted by Gasteiger charge is 2.16. The molecule has 2 aromatic rings. The number of aromatic nitrogens is 3. The molecule has 1 aliphatic heterocycles. The molecule has 1 aliphatic rings. The molecule has 2 heterocycles. The highest BCUT2D eigenvalue weighted by molar-refractivity contribution is 6.28. The van der Waals surface area contributed by atoms with Gasteiger partial charge in [0.1, 0.15) is 5.75 Å². The number of amides is 1. The first-order valence-electron chi connectivity index (χ1n) is 5.15. The number of ether oxygens (including phenoxy) is 1. The Morgan fingerprint density at radius 2 is 2.28 bits per heavy atom. The summed E-state index contributed by atoms with van der Waals surface area (Å²) in [6, 6.07) is 5.34. The van der Waals surface area contributed by atoms with E-state index in [1.54, 1.807) is 12.1 Å². The maximum atomic E-state index is 11.2. The van der Waals surface area contributed by atoms with E-state index < -0.39 is 0 Å². The zero-order chi connectivity index (χ0) is 12.5. The van der Waals surface area contributed by atoms with Gasteiger partial charge in [0.15, 0.2) is 6.61 Å². The highest BCUT2D eigenvalue weighted by Crippen LogP contribution is 2.31. The molecular formula is C11H7ClN4O2. The van der Waals surface area contributed by atoms with Crippen LogP contribution in [0.4, 0.5) is 5.69 Å². The quantitative estimate of drug-likeness (QED) is 0.843. The molecule has 0 saturated heterocycles. The minimum Gasteiger partial charge on any atom is -0.482 e. The van der Waals surface area contributed by atoms with E-state index in [9.17, 15) is 4.79 Å². The summed E-state index contributed by atoms with van der Waals surface area (Å²) in [5.74, 6) is 0.449. The van der Waals surface area contributed by atoms with Gasteiger partial charge in [0.25, 0.3) is 5.91 Å². The van der Waals surface area contributed by atoms with Crippen molar-refractivity contribution in [2.45, 2.75) is 0 Å². The lowest BCUT2D eigenvalue weighted by atomic mass is 10.1. The standard InChI is InChI=1S/C11H7ClN4O2/c12-11-15-8(4-13-16-11)6-1-2-9-7(3-6)14-10(17)5-18-9/h1-4H,5H2,(H,14,17). The van der Waals surface area contributed by atoms with Crippen LogP contribution in [0.3, 0.4) is 0 Å². The van der Waals surface area contributed by atoms with E-state index >= 15 is 0 Å². The van der Waals surface area contributed by atoms with E-state index in [4.69, 9.17) is 16.3 Å². The van der Waals surface area contributed by atoms with E-state index in [1.807, 2.05) is 6.07 Å². The third-order valence-corrected chi connectivity index (χ3v) is 2.60. The van der Waals surface area contributed by atoms with Gasteiger partial charge in [-0.25, -0.2) is 4.98 Å². The third kappa shape index (κ3) is 1.98. The average molecular weight is 263 g/mol. The number of fused-ring (bicyclic) bond motifs is 1. The summed E-state index contributed by atoms with van der Waals surface area (Å²) in [5.41, 5.74) is 1.97. The number of anilines is 1. The molecule has 0 atom stereocenters. The molecular weight excluding hydrogens is 256 g/mol. The second kappa shape index (κ2) is 4.23. The van der Waals surface area contributed by atoms with Gasteiger partial charge >= 0.3 is 0 Å². The third-order valence-electron chi connectivity index (χ3n) is 2.44. The largest absolute Gasteiger partial charge is 0.482 e. The van der Waals surface area contributed by atoms with Gasteiger partial charge in [-0.2, -0.15) is 5.10 Å². The van der Waals surface area contributed by atoms with Gasteiger partial charge in [0.05, 0.1) is 17.6 Å². The van der Waals surface area contributed by atoms with Gasteiger partial charge in [-0.05, 0) is 29.8 Å². The molecule has 7 heteroatoms. The van der Waals surface area contributed by atoms with Crippen molar-refractivity contribution in [2.24, 2.45) is 0 Å². The molecule has 18 heavy (non-hydrogen) atoms. The normalized spacial score (nSPS) is 13.5. The zero-order valence-electron chi connectivity index (χ0n) is 9.05. The number of hydrogen-bond donors (Lipinski definition) is 1. The first-order chi connectivity index (χ1) is 8.72. The van der Waals surface area contributed by atoms with Gasteiger partial charge in [-0.3, -0.25) is 4.79 Å². The zero-order valence-corrected chi connectivity index (χ0v) is 9.81. The fourth-order valence-electron chi connectivity index (χ4n) is 1.66. The molecule has 0 saturated carbocycles.